The van der Waals surface area contributed by atoms with Crippen molar-refractivity contribution < 1.29 is 0 Å². The van der Waals surface area contributed by atoms with Gasteiger partial charge in [0.2, 0.25) is 0 Å². The van der Waals surface area contributed by atoms with Gasteiger partial charge in [-0.1, -0.05) is 12.1 Å². The first kappa shape index (κ1) is 9.33. The van der Waals surface area contributed by atoms with E-state index in [-0.39, 0.29) is 0 Å². The van der Waals surface area contributed by atoms with Gasteiger partial charge >= 0.3 is 0 Å². The van der Waals surface area contributed by atoms with Gasteiger partial charge < -0.3 is 5.73 Å². The Bertz CT molecular complexity index is 501. The van der Waals surface area contributed by atoms with Crippen LogP contribution in [0.3, 0.4) is 0 Å². The van der Waals surface area contributed by atoms with Crippen molar-refractivity contribution in [1.29, 1.82) is 0 Å². The maximum atomic E-state index is 5.73. The summed E-state index contributed by atoms with van der Waals surface area (Å²) in [5.74, 6) is 1.45. The van der Waals surface area contributed by atoms with Crippen molar-refractivity contribution in [3.63, 3.8) is 0 Å². The van der Waals surface area contributed by atoms with Gasteiger partial charge in [0, 0.05) is 23.6 Å². The highest BCUT2D eigenvalue weighted by Crippen LogP contribution is 2.39. The number of benzene rings is 1. The molecule has 0 aliphatic heterocycles. The normalized spacial score (nSPS) is 15.0. The Morgan fingerprint density at radius 2 is 1.88 bits per heavy atom. The lowest BCUT2D eigenvalue weighted by atomic mass is 10.2. The molecule has 1 saturated carbocycles. The van der Waals surface area contributed by atoms with E-state index in [2.05, 4.69) is 9.97 Å². The van der Waals surface area contributed by atoms with Crippen LogP contribution in [0, 0.1) is 0 Å². The van der Waals surface area contributed by atoms with Crippen LogP contribution in [-0.4, -0.2) is 9.97 Å². The summed E-state index contributed by atoms with van der Waals surface area (Å²) in [6.45, 7) is 0. The third-order valence-electron chi connectivity index (χ3n) is 2.87. The molecule has 3 nitrogen and oxygen atoms in total. The lowest BCUT2D eigenvalue weighted by Crippen LogP contribution is -1.92. The number of hydrogen-bond donors (Lipinski definition) is 1. The second-order valence-corrected chi connectivity index (χ2v) is 4.24. The van der Waals surface area contributed by atoms with E-state index in [0.29, 0.717) is 5.92 Å². The number of nitrogen functional groups attached to an aromatic ring is 1. The lowest BCUT2D eigenvalue weighted by molar-refractivity contribution is 1.04. The fourth-order valence-electron chi connectivity index (χ4n) is 1.79. The first-order valence-corrected chi connectivity index (χ1v) is 5.51. The molecule has 0 radical (unpaired) electrons. The zero-order valence-corrected chi connectivity index (χ0v) is 8.93. The molecular formula is C13H13N3. The predicted molar refractivity (Wildman–Crippen MR) is 63.9 cm³/mol. The first-order valence-electron chi connectivity index (χ1n) is 5.51. The molecule has 2 N–H and O–H groups in total. The number of nitrogens with zero attached hydrogens (tertiary/aromatic N) is 2. The minimum atomic E-state index is 0.704. The number of aromatic nitrogens is 2. The average molecular weight is 211 g/mol. The minimum Gasteiger partial charge on any atom is -0.399 e. The molecule has 0 bridgehead atoms. The van der Waals surface area contributed by atoms with E-state index >= 15 is 0 Å². The highest BCUT2D eigenvalue weighted by molar-refractivity contribution is 5.60. The fraction of sp³-hybridized carbons (Fsp3) is 0.231. The molecule has 80 valence electrons. The molecule has 1 heterocycles. The zero-order chi connectivity index (χ0) is 11.0. The molecule has 1 aromatic carbocycles. The first-order chi connectivity index (χ1) is 7.83. The highest BCUT2D eigenvalue weighted by Gasteiger charge is 2.23. The van der Waals surface area contributed by atoms with Crippen molar-refractivity contribution in [2.45, 2.75) is 18.8 Å². The van der Waals surface area contributed by atoms with Crippen LogP contribution in [0.1, 0.15) is 24.3 Å². The summed E-state index contributed by atoms with van der Waals surface area (Å²) in [7, 11) is 0. The largest absolute Gasteiger partial charge is 0.399 e. The van der Waals surface area contributed by atoms with Gasteiger partial charge in [-0.15, -0.1) is 0 Å². The molecule has 0 amide bonds. The van der Waals surface area contributed by atoms with Crippen molar-refractivity contribution in [2.24, 2.45) is 0 Å². The monoisotopic (exact) mass is 211 g/mol. The Balaban J connectivity index is 1.94. The average Bonchev–Trinajstić information content (AvgIpc) is 3.13. The molecule has 0 spiro atoms. The third kappa shape index (κ3) is 1.76. The predicted octanol–water partition coefficient (Wildman–Crippen LogP) is 2.60. The highest BCUT2D eigenvalue weighted by atomic mass is 14.9. The van der Waals surface area contributed by atoms with E-state index in [1.165, 1.54) is 18.4 Å². The van der Waals surface area contributed by atoms with Crippen molar-refractivity contribution in [3.8, 4) is 11.4 Å². The standard InChI is InChI=1S/C13H13N3/c14-12-3-1-2-10(6-12)13-15-7-11(8-16-13)9-4-5-9/h1-3,6-9H,4-5,14H2. The summed E-state index contributed by atoms with van der Waals surface area (Å²) in [6, 6.07) is 7.65. The molecule has 0 atom stereocenters. The van der Waals surface area contributed by atoms with Crippen molar-refractivity contribution in [3.05, 3.63) is 42.2 Å². The molecule has 0 unspecified atom stereocenters. The quantitative estimate of drug-likeness (QED) is 0.777. The van der Waals surface area contributed by atoms with Gasteiger partial charge in [0.15, 0.2) is 5.82 Å². The van der Waals surface area contributed by atoms with Crippen LogP contribution in [0.5, 0.6) is 0 Å². The Hall–Kier alpha value is -1.90. The molecule has 16 heavy (non-hydrogen) atoms. The Morgan fingerprint density at radius 1 is 1.12 bits per heavy atom. The van der Waals surface area contributed by atoms with Crippen LogP contribution >= 0.6 is 0 Å². The lowest BCUT2D eigenvalue weighted by Gasteiger charge is -2.02. The number of anilines is 1. The minimum absolute atomic E-state index is 0.704. The number of hydrogen-bond acceptors (Lipinski definition) is 3. The van der Waals surface area contributed by atoms with Crippen LogP contribution in [0.2, 0.25) is 0 Å². The van der Waals surface area contributed by atoms with Crippen molar-refractivity contribution in [1.82, 2.24) is 9.97 Å². The van der Waals surface area contributed by atoms with Gasteiger partial charge in [-0.3, -0.25) is 0 Å². The second kappa shape index (κ2) is 3.59. The summed E-state index contributed by atoms with van der Waals surface area (Å²) in [5.41, 5.74) is 8.70. The van der Waals surface area contributed by atoms with E-state index in [1.807, 2.05) is 36.7 Å². The van der Waals surface area contributed by atoms with Crippen molar-refractivity contribution in [2.75, 3.05) is 5.73 Å². The summed E-state index contributed by atoms with van der Waals surface area (Å²) in [6.07, 6.45) is 6.42. The van der Waals surface area contributed by atoms with Gasteiger partial charge in [-0.25, -0.2) is 9.97 Å². The smallest absolute Gasteiger partial charge is 0.159 e. The Labute approximate surface area is 94.4 Å². The van der Waals surface area contributed by atoms with Gasteiger partial charge in [0.05, 0.1) is 0 Å². The summed E-state index contributed by atoms with van der Waals surface area (Å²) in [4.78, 5) is 8.77. The SMILES string of the molecule is Nc1cccc(-c2ncc(C3CC3)cn2)c1. The van der Waals surface area contributed by atoms with E-state index in [4.69, 9.17) is 5.73 Å². The van der Waals surface area contributed by atoms with Crippen LogP contribution in [-0.2, 0) is 0 Å². The molecular weight excluding hydrogens is 198 g/mol. The van der Waals surface area contributed by atoms with Gasteiger partial charge in [-0.2, -0.15) is 0 Å². The third-order valence-corrected chi connectivity index (χ3v) is 2.87. The Morgan fingerprint density at radius 3 is 2.50 bits per heavy atom. The molecule has 3 heteroatoms. The molecule has 1 aromatic heterocycles. The molecule has 1 aliphatic rings. The van der Waals surface area contributed by atoms with Crippen LogP contribution in [0.25, 0.3) is 11.4 Å². The van der Waals surface area contributed by atoms with E-state index < -0.39 is 0 Å². The van der Waals surface area contributed by atoms with Gasteiger partial charge in [0.1, 0.15) is 0 Å². The number of nitrogens with two attached hydrogens (primary N) is 1. The Kier molecular flexibility index (Phi) is 2.10. The maximum Gasteiger partial charge on any atom is 0.159 e. The van der Waals surface area contributed by atoms with Gasteiger partial charge in [-0.05, 0) is 36.5 Å². The topological polar surface area (TPSA) is 51.8 Å². The molecule has 2 aromatic rings. The molecule has 3 rings (SSSR count). The number of rotatable bonds is 2. The van der Waals surface area contributed by atoms with Crippen LogP contribution in [0.15, 0.2) is 36.7 Å². The van der Waals surface area contributed by atoms with E-state index in [9.17, 15) is 0 Å². The second-order valence-electron chi connectivity index (χ2n) is 4.24. The molecule has 1 aliphatic carbocycles. The summed E-state index contributed by atoms with van der Waals surface area (Å²) >= 11 is 0. The summed E-state index contributed by atoms with van der Waals surface area (Å²) < 4.78 is 0. The fourth-order valence-corrected chi connectivity index (χ4v) is 1.79. The van der Waals surface area contributed by atoms with Gasteiger partial charge in [0.25, 0.3) is 0 Å². The zero-order valence-electron chi connectivity index (χ0n) is 8.93. The van der Waals surface area contributed by atoms with Crippen molar-refractivity contribution >= 4 is 5.69 Å². The molecule has 0 saturated heterocycles. The van der Waals surface area contributed by atoms with Crippen LogP contribution < -0.4 is 5.73 Å². The van der Waals surface area contributed by atoms with E-state index in [1.54, 1.807) is 0 Å². The van der Waals surface area contributed by atoms with E-state index in [0.717, 1.165) is 17.1 Å². The maximum absolute atomic E-state index is 5.73. The summed E-state index contributed by atoms with van der Waals surface area (Å²) in [5, 5.41) is 0. The molecule has 1 fully saturated rings. The van der Waals surface area contributed by atoms with Crippen LogP contribution in [0.4, 0.5) is 5.69 Å².